The fourth-order valence-electron chi connectivity index (χ4n) is 3.58. The van der Waals surface area contributed by atoms with Gasteiger partial charge in [-0.25, -0.2) is 0 Å². The van der Waals surface area contributed by atoms with Crippen LogP contribution in [0.2, 0.25) is 0 Å². The Bertz CT molecular complexity index is 240. The van der Waals surface area contributed by atoms with Crippen LogP contribution in [0, 0.1) is 0 Å². The van der Waals surface area contributed by atoms with E-state index in [9.17, 15) is 5.21 Å². The second-order valence-corrected chi connectivity index (χ2v) is 5.78. The smallest absolute Gasteiger partial charge is 0.0701 e. The molecule has 0 amide bonds. The van der Waals surface area contributed by atoms with Crippen molar-refractivity contribution in [2.45, 2.75) is 83.4 Å². The fourth-order valence-corrected chi connectivity index (χ4v) is 3.58. The molecule has 0 aromatic rings. The van der Waals surface area contributed by atoms with Crippen molar-refractivity contribution in [3.63, 3.8) is 0 Å². The number of hydroxylamine groups is 2. The van der Waals surface area contributed by atoms with Gasteiger partial charge in [0, 0.05) is 0 Å². The number of aliphatic hydroxyl groups is 1. The summed E-state index contributed by atoms with van der Waals surface area (Å²) < 4.78 is 5.78. The molecule has 1 heterocycles. The van der Waals surface area contributed by atoms with E-state index in [-0.39, 0.29) is 23.8 Å². The van der Waals surface area contributed by atoms with Crippen molar-refractivity contribution >= 4 is 0 Å². The van der Waals surface area contributed by atoms with Gasteiger partial charge in [-0.1, -0.05) is 27.7 Å². The molecule has 1 N–H and O–H groups in total. The molecular weight excluding hydrogens is 242 g/mol. The zero-order chi connectivity index (χ0) is 14.5. The highest BCUT2D eigenvalue weighted by Crippen LogP contribution is 2.45. The first kappa shape index (κ1) is 16.9. The van der Waals surface area contributed by atoms with Crippen LogP contribution in [-0.4, -0.2) is 40.6 Å². The Morgan fingerprint density at radius 2 is 1.47 bits per heavy atom. The molecular formula is C15H30NO3. The standard InChI is InChI=1S/C15H30NO3/c1-5-14(6-2)11-13(19-10-9-17)12-15(7-3,8-4)16(14)18/h13,17H,5-12H2,1-4H3. The monoisotopic (exact) mass is 272 g/mol. The summed E-state index contributed by atoms with van der Waals surface area (Å²) in [6.07, 6.45) is 5.08. The predicted molar refractivity (Wildman–Crippen MR) is 75.2 cm³/mol. The molecule has 1 saturated heterocycles. The first-order chi connectivity index (χ1) is 9.04. The third-order valence-corrected chi connectivity index (χ3v) is 5.15. The lowest BCUT2D eigenvalue weighted by molar-refractivity contribution is -0.322. The zero-order valence-corrected chi connectivity index (χ0v) is 12.9. The quantitative estimate of drug-likeness (QED) is 0.775. The van der Waals surface area contributed by atoms with E-state index < -0.39 is 0 Å². The molecule has 4 nitrogen and oxygen atoms in total. The normalized spacial score (nSPS) is 23.7. The van der Waals surface area contributed by atoms with Crippen molar-refractivity contribution in [2.24, 2.45) is 0 Å². The topological polar surface area (TPSA) is 52.6 Å². The highest BCUT2D eigenvalue weighted by Gasteiger charge is 2.52. The van der Waals surface area contributed by atoms with Crippen LogP contribution in [0.1, 0.15) is 66.2 Å². The van der Waals surface area contributed by atoms with Crippen LogP contribution >= 0.6 is 0 Å². The molecule has 113 valence electrons. The number of rotatable bonds is 7. The second-order valence-electron chi connectivity index (χ2n) is 5.78. The number of hydrogen-bond donors (Lipinski definition) is 1. The molecule has 1 radical (unpaired) electrons. The first-order valence-corrected chi connectivity index (χ1v) is 7.74. The largest absolute Gasteiger partial charge is 0.394 e. The van der Waals surface area contributed by atoms with Crippen molar-refractivity contribution < 1.29 is 15.1 Å². The van der Waals surface area contributed by atoms with E-state index in [0.717, 1.165) is 38.5 Å². The highest BCUT2D eigenvalue weighted by atomic mass is 16.5. The van der Waals surface area contributed by atoms with E-state index in [4.69, 9.17) is 9.84 Å². The van der Waals surface area contributed by atoms with E-state index in [1.165, 1.54) is 5.06 Å². The lowest BCUT2D eigenvalue weighted by atomic mass is 9.72. The summed E-state index contributed by atoms with van der Waals surface area (Å²) in [5.41, 5.74) is -0.602. The molecule has 0 aliphatic carbocycles. The molecule has 0 aromatic heterocycles. The van der Waals surface area contributed by atoms with Crippen LogP contribution in [0.3, 0.4) is 0 Å². The minimum Gasteiger partial charge on any atom is -0.394 e. The molecule has 4 heteroatoms. The molecule has 1 rings (SSSR count). The molecule has 0 aromatic carbocycles. The van der Waals surface area contributed by atoms with Gasteiger partial charge in [-0.2, -0.15) is 0 Å². The van der Waals surface area contributed by atoms with Gasteiger partial charge in [0.15, 0.2) is 0 Å². The number of ether oxygens (including phenoxy) is 1. The van der Waals surface area contributed by atoms with Gasteiger partial charge in [0.05, 0.1) is 30.4 Å². The first-order valence-electron chi connectivity index (χ1n) is 7.74. The Balaban J connectivity index is 2.99. The summed E-state index contributed by atoms with van der Waals surface area (Å²) in [5.74, 6) is 0. The summed E-state index contributed by atoms with van der Waals surface area (Å²) in [5, 5.41) is 23.3. The van der Waals surface area contributed by atoms with Gasteiger partial charge in [0.25, 0.3) is 0 Å². The molecule has 19 heavy (non-hydrogen) atoms. The Kier molecular flexibility index (Phi) is 6.24. The molecule has 1 fully saturated rings. The van der Waals surface area contributed by atoms with Gasteiger partial charge in [-0.3, -0.25) is 0 Å². The molecule has 1 aliphatic rings. The van der Waals surface area contributed by atoms with Crippen molar-refractivity contribution in [1.82, 2.24) is 5.06 Å². The van der Waals surface area contributed by atoms with Crippen molar-refractivity contribution in [1.29, 1.82) is 0 Å². The average molecular weight is 272 g/mol. The Morgan fingerprint density at radius 1 is 1.05 bits per heavy atom. The number of nitrogens with zero attached hydrogens (tertiary/aromatic N) is 1. The van der Waals surface area contributed by atoms with Gasteiger partial charge in [-0.05, 0) is 38.5 Å². The Labute approximate surface area is 117 Å². The average Bonchev–Trinajstić information content (AvgIpc) is 2.46. The van der Waals surface area contributed by atoms with E-state index in [1.54, 1.807) is 0 Å². The van der Waals surface area contributed by atoms with Crippen LogP contribution in [0.25, 0.3) is 0 Å². The molecule has 0 atom stereocenters. The van der Waals surface area contributed by atoms with Gasteiger partial charge in [-0.15, -0.1) is 10.3 Å². The summed E-state index contributed by atoms with van der Waals surface area (Å²) in [7, 11) is 0. The van der Waals surface area contributed by atoms with Crippen molar-refractivity contribution in [3.8, 4) is 0 Å². The van der Waals surface area contributed by atoms with E-state index >= 15 is 0 Å². The van der Waals surface area contributed by atoms with Gasteiger partial charge >= 0.3 is 0 Å². The number of aliphatic hydroxyl groups excluding tert-OH is 1. The molecule has 0 unspecified atom stereocenters. The summed E-state index contributed by atoms with van der Waals surface area (Å²) in [6, 6.07) is 0. The minimum atomic E-state index is -0.301. The highest BCUT2D eigenvalue weighted by molar-refractivity contribution is 5.03. The molecule has 0 saturated carbocycles. The van der Waals surface area contributed by atoms with Gasteiger partial charge < -0.3 is 9.84 Å². The Morgan fingerprint density at radius 3 is 1.79 bits per heavy atom. The third-order valence-electron chi connectivity index (χ3n) is 5.15. The van der Waals surface area contributed by atoms with E-state index in [0.29, 0.717) is 6.61 Å². The molecule has 1 aliphatic heterocycles. The maximum absolute atomic E-state index is 12.9. The SMILES string of the molecule is CCC1(CC)CC(OCCO)CC(CC)(CC)N1[O]. The maximum Gasteiger partial charge on any atom is 0.0701 e. The van der Waals surface area contributed by atoms with Gasteiger partial charge in [0.2, 0.25) is 0 Å². The lowest BCUT2D eigenvalue weighted by Gasteiger charge is -2.54. The summed E-state index contributed by atoms with van der Waals surface area (Å²) in [4.78, 5) is 0. The number of piperidine rings is 1. The minimum absolute atomic E-state index is 0.0497. The van der Waals surface area contributed by atoms with Crippen molar-refractivity contribution in [3.05, 3.63) is 0 Å². The summed E-state index contributed by atoms with van der Waals surface area (Å²) >= 11 is 0. The van der Waals surface area contributed by atoms with Crippen LogP contribution < -0.4 is 0 Å². The number of hydrogen-bond acceptors (Lipinski definition) is 3. The Hall–Kier alpha value is -0.160. The van der Waals surface area contributed by atoms with E-state index in [1.807, 2.05) is 0 Å². The van der Waals surface area contributed by atoms with Gasteiger partial charge in [0.1, 0.15) is 0 Å². The van der Waals surface area contributed by atoms with Crippen LogP contribution in [0.15, 0.2) is 0 Å². The van der Waals surface area contributed by atoms with E-state index in [2.05, 4.69) is 27.7 Å². The second kappa shape index (κ2) is 7.02. The maximum atomic E-state index is 12.9. The molecule has 0 bridgehead atoms. The lowest BCUT2D eigenvalue weighted by Crippen LogP contribution is -2.64. The third kappa shape index (κ3) is 3.13. The zero-order valence-electron chi connectivity index (χ0n) is 12.9. The fraction of sp³-hybridized carbons (Fsp3) is 1.00. The summed E-state index contributed by atoms with van der Waals surface area (Å²) in [6.45, 7) is 8.81. The van der Waals surface area contributed by atoms with Crippen LogP contribution in [0.4, 0.5) is 0 Å². The van der Waals surface area contributed by atoms with Crippen molar-refractivity contribution in [2.75, 3.05) is 13.2 Å². The molecule has 0 spiro atoms. The van der Waals surface area contributed by atoms with Crippen LogP contribution in [0.5, 0.6) is 0 Å². The van der Waals surface area contributed by atoms with Crippen LogP contribution in [-0.2, 0) is 9.94 Å². The predicted octanol–water partition coefficient (Wildman–Crippen LogP) is 2.92.